The number of carbonyl (C=O) groups excluding carboxylic acids is 4. The molecule has 2 aliphatic heterocycles. The highest BCUT2D eigenvalue weighted by atomic mass is 19.1. The average molecular weight is 555 g/mol. The number of rotatable bonds is 7. The Labute approximate surface area is 234 Å². The van der Waals surface area contributed by atoms with Gasteiger partial charge in [-0.2, -0.15) is 0 Å². The number of hydrogen-bond donors (Lipinski definition) is 2. The molecule has 1 saturated heterocycles. The van der Waals surface area contributed by atoms with Crippen LogP contribution in [0.4, 0.5) is 4.39 Å². The number of imide groups is 1. The van der Waals surface area contributed by atoms with Gasteiger partial charge in [-0.1, -0.05) is 36.4 Å². The van der Waals surface area contributed by atoms with Gasteiger partial charge in [0.25, 0.3) is 11.8 Å². The lowest BCUT2D eigenvalue weighted by Gasteiger charge is -2.29. The first-order valence-electron chi connectivity index (χ1n) is 13.2. The number of piperidine rings is 1. The first-order chi connectivity index (χ1) is 19.7. The Morgan fingerprint density at radius 2 is 1.78 bits per heavy atom. The third kappa shape index (κ3) is 5.09. The number of fused-ring (bicyclic) bond motifs is 2. The van der Waals surface area contributed by atoms with E-state index in [4.69, 9.17) is 10.2 Å². The second kappa shape index (κ2) is 10.3. The molecule has 0 radical (unpaired) electrons. The van der Waals surface area contributed by atoms with E-state index in [1.807, 2.05) is 49.5 Å². The van der Waals surface area contributed by atoms with Crippen molar-refractivity contribution in [1.29, 1.82) is 0 Å². The van der Waals surface area contributed by atoms with Gasteiger partial charge in [-0.15, -0.1) is 0 Å². The molecule has 0 spiro atoms. The minimum atomic E-state index is -0.754. The van der Waals surface area contributed by atoms with Gasteiger partial charge in [0, 0.05) is 42.6 Å². The molecule has 1 atom stereocenters. The van der Waals surface area contributed by atoms with E-state index in [1.54, 1.807) is 11.0 Å². The fraction of sp³-hybridized carbons (Fsp3) is 0.226. The number of nitrogens with one attached hydrogen (secondary N) is 1. The molecule has 6 rings (SSSR count). The second-order valence-corrected chi connectivity index (χ2v) is 10.6. The van der Waals surface area contributed by atoms with Crippen LogP contribution in [0.5, 0.6) is 0 Å². The number of nitrogens with zero attached hydrogens (tertiary/aromatic N) is 2. The van der Waals surface area contributed by atoms with Crippen LogP contribution in [0.1, 0.15) is 50.2 Å². The van der Waals surface area contributed by atoms with Crippen LogP contribution in [0, 0.1) is 5.82 Å². The van der Waals surface area contributed by atoms with Crippen LogP contribution in [-0.2, 0) is 29.2 Å². The maximum Gasteiger partial charge on any atom is 0.255 e. The summed E-state index contributed by atoms with van der Waals surface area (Å²) < 4.78 is 19.8. The number of amides is 4. The Bertz CT molecular complexity index is 1730. The molecule has 3 N–H and O–H groups in total. The third-order valence-corrected chi connectivity index (χ3v) is 7.58. The molecule has 3 aromatic carbocycles. The molecule has 208 valence electrons. The molecule has 1 fully saturated rings. The van der Waals surface area contributed by atoms with Gasteiger partial charge in [0.1, 0.15) is 23.2 Å². The lowest BCUT2D eigenvalue weighted by atomic mass is 10.0. The molecule has 41 heavy (non-hydrogen) atoms. The Kier molecular flexibility index (Phi) is 6.63. The van der Waals surface area contributed by atoms with Gasteiger partial charge in [0.2, 0.25) is 11.8 Å². The SMILES string of the molecule is CN(Cc1ccc(-c2cc3cc(F)cc(C(N)=O)c3o2)cc1)Cc1ccc2c(c1)CN(C1CCC(=O)NC1=O)C2=O. The zero-order chi connectivity index (χ0) is 28.8. The maximum absolute atomic E-state index is 13.9. The Hall–Kier alpha value is -4.83. The Morgan fingerprint density at radius 3 is 2.51 bits per heavy atom. The van der Waals surface area contributed by atoms with Crippen LogP contribution in [0.2, 0.25) is 0 Å². The number of benzene rings is 3. The molecule has 10 heteroatoms. The summed E-state index contributed by atoms with van der Waals surface area (Å²) in [6.07, 6.45) is 0.560. The molecule has 3 heterocycles. The van der Waals surface area contributed by atoms with E-state index in [1.165, 1.54) is 6.07 Å². The average Bonchev–Trinajstić information content (AvgIpc) is 3.49. The summed E-state index contributed by atoms with van der Waals surface area (Å²) >= 11 is 0. The van der Waals surface area contributed by atoms with Gasteiger partial charge in [0.15, 0.2) is 0 Å². The van der Waals surface area contributed by atoms with Crippen LogP contribution < -0.4 is 11.1 Å². The third-order valence-electron chi connectivity index (χ3n) is 7.58. The smallest absolute Gasteiger partial charge is 0.255 e. The zero-order valence-electron chi connectivity index (χ0n) is 22.3. The summed E-state index contributed by atoms with van der Waals surface area (Å²) in [5, 5.41) is 2.79. The van der Waals surface area contributed by atoms with Gasteiger partial charge in [-0.25, -0.2) is 4.39 Å². The Balaban J connectivity index is 1.11. The number of furan rings is 1. The van der Waals surface area contributed by atoms with Crippen molar-refractivity contribution in [2.24, 2.45) is 5.73 Å². The zero-order valence-corrected chi connectivity index (χ0v) is 22.3. The normalized spacial score (nSPS) is 16.9. The van der Waals surface area contributed by atoms with E-state index in [2.05, 4.69) is 10.2 Å². The van der Waals surface area contributed by atoms with E-state index < -0.39 is 23.7 Å². The number of nitrogens with two attached hydrogens (primary N) is 1. The van der Waals surface area contributed by atoms with E-state index in [-0.39, 0.29) is 29.4 Å². The van der Waals surface area contributed by atoms with Crippen molar-refractivity contribution >= 4 is 34.6 Å². The largest absolute Gasteiger partial charge is 0.455 e. The van der Waals surface area contributed by atoms with E-state index in [9.17, 15) is 23.6 Å². The molecule has 9 nitrogen and oxygen atoms in total. The molecular formula is C31H27FN4O5. The predicted molar refractivity (Wildman–Crippen MR) is 148 cm³/mol. The topological polar surface area (TPSA) is 126 Å². The quantitative estimate of drug-likeness (QED) is 0.336. The summed E-state index contributed by atoms with van der Waals surface area (Å²) in [4.78, 5) is 52.2. The summed E-state index contributed by atoms with van der Waals surface area (Å²) in [5.74, 6) is -1.71. The molecule has 0 bridgehead atoms. The Morgan fingerprint density at radius 1 is 1.05 bits per heavy atom. The molecule has 2 aliphatic rings. The minimum Gasteiger partial charge on any atom is -0.455 e. The standard InChI is InChI=1S/C31H27FN4O5/c1-35(15-18-4-7-23-21(10-18)16-36(31(23)40)25-8-9-27(37)34-30(25)39)14-17-2-5-19(6-3-17)26-12-20-11-22(32)13-24(29(33)38)28(20)41-26/h2-7,10-13,25H,8-9,14-16H2,1H3,(H2,33,38)(H,34,37,39). The van der Waals surface area contributed by atoms with Crippen LogP contribution in [-0.4, -0.2) is 46.5 Å². The minimum absolute atomic E-state index is 0.00379. The van der Waals surface area contributed by atoms with Crippen molar-refractivity contribution in [1.82, 2.24) is 15.1 Å². The monoisotopic (exact) mass is 554 g/mol. The second-order valence-electron chi connectivity index (χ2n) is 10.6. The first-order valence-corrected chi connectivity index (χ1v) is 13.2. The van der Waals surface area contributed by atoms with Gasteiger partial charge >= 0.3 is 0 Å². The van der Waals surface area contributed by atoms with E-state index in [0.29, 0.717) is 42.8 Å². The predicted octanol–water partition coefficient (Wildman–Crippen LogP) is 3.73. The van der Waals surface area contributed by atoms with E-state index >= 15 is 0 Å². The van der Waals surface area contributed by atoms with Crippen molar-refractivity contribution in [2.75, 3.05) is 7.05 Å². The molecule has 0 saturated carbocycles. The van der Waals surface area contributed by atoms with Gasteiger partial charge < -0.3 is 15.1 Å². The van der Waals surface area contributed by atoms with Crippen molar-refractivity contribution in [2.45, 2.75) is 38.5 Å². The first kappa shape index (κ1) is 26.4. The van der Waals surface area contributed by atoms with Crippen molar-refractivity contribution in [3.05, 3.63) is 94.3 Å². The summed E-state index contributed by atoms with van der Waals surface area (Å²) in [6.45, 7) is 1.65. The van der Waals surface area contributed by atoms with Crippen LogP contribution in [0.25, 0.3) is 22.3 Å². The molecular weight excluding hydrogens is 527 g/mol. The lowest BCUT2D eigenvalue weighted by Crippen LogP contribution is -2.52. The molecule has 0 aliphatic carbocycles. The van der Waals surface area contributed by atoms with Crippen molar-refractivity contribution in [3.8, 4) is 11.3 Å². The molecule has 4 aromatic rings. The summed E-state index contributed by atoms with van der Waals surface area (Å²) in [6, 6.07) is 16.9. The fourth-order valence-corrected chi connectivity index (χ4v) is 5.62. The highest BCUT2D eigenvalue weighted by Crippen LogP contribution is 2.32. The number of halogens is 1. The van der Waals surface area contributed by atoms with Crippen LogP contribution >= 0.6 is 0 Å². The van der Waals surface area contributed by atoms with Gasteiger partial charge in [-0.05, 0) is 54.4 Å². The maximum atomic E-state index is 13.9. The fourth-order valence-electron chi connectivity index (χ4n) is 5.62. The van der Waals surface area contributed by atoms with Gasteiger partial charge in [-0.3, -0.25) is 29.4 Å². The van der Waals surface area contributed by atoms with E-state index in [0.717, 1.165) is 28.3 Å². The highest BCUT2D eigenvalue weighted by molar-refractivity contribution is 6.06. The van der Waals surface area contributed by atoms with Crippen molar-refractivity contribution < 1.29 is 28.0 Å². The number of carbonyl (C=O) groups is 4. The highest BCUT2D eigenvalue weighted by Gasteiger charge is 2.39. The molecule has 4 amide bonds. The van der Waals surface area contributed by atoms with Gasteiger partial charge in [0.05, 0.1) is 5.56 Å². The van der Waals surface area contributed by atoms with Crippen molar-refractivity contribution in [3.63, 3.8) is 0 Å². The van der Waals surface area contributed by atoms with Crippen LogP contribution in [0.15, 0.2) is 65.1 Å². The van der Waals surface area contributed by atoms with Crippen LogP contribution in [0.3, 0.4) is 0 Å². The summed E-state index contributed by atoms with van der Waals surface area (Å²) in [7, 11) is 2.00. The lowest BCUT2D eigenvalue weighted by molar-refractivity contribution is -0.136. The molecule has 1 unspecified atom stereocenters. The number of primary amides is 1. The summed E-state index contributed by atoms with van der Waals surface area (Å²) in [5.41, 5.74) is 10.0. The number of hydrogen-bond acceptors (Lipinski definition) is 6. The molecule has 1 aromatic heterocycles.